The van der Waals surface area contributed by atoms with Crippen molar-refractivity contribution in [3.05, 3.63) is 24.0 Å². The summed E-state index contributed by atoms with van der Waals surface area (Å²) in [6.45, 7) is 7.20. The maximum absolute atomic E-state index is 11.4. The first-order valence-electron chi connectivity index (χ1n) is 4.90. The zero-order chi connectivity index (χ0) is 11.9. The first-order valence-corrected chi connectivity index (χ1v) is 6.54. The van der Waals surface area contributed by atoms with E-state index in [1.165, 1.54) is 6.08 Å². The lowest BCUT2D eigenvalue weighted by Gasteiger charge is -2.13. The van der Waals surface area contributed by atoms with Gasteiger partial charge in [-0.1, -0.05) is 25.2 Å². The minimum atomic E-state index is -3.67. The normalized spacial score (nSPS) is 17.6. The summed E-state index contributed by atoms with van der Waals surface area (Å²) in [7, 11) is -3.67. The van der Waals surface area contributed by atoms with Crippen LogP contribution >= 0.6 is 7.60 Å². The van der Waals surface area contributed by atoms with Gasteiger partial charge in [0.15, 0.2) is 0 Å². The molecule has 2 unspecified atom stereocenters. The van der Waals surface area contributed by atoms with E-state index in [9.17, 15) is 9.46 Å². The van der Waals surface area contributed by atoms with Crippen LogP contribution in [0.2, 0.25) is 0 Å². The first-order chi connectivity index (χ1) is 6.91. The lowest BCUT2D eigenvalue weighted by Crippen LogP contribution is -2.02. The number of rotatable bonds is 7. The number of aliphatic hydroxyl groups is 1. The largest absolute Gasteiger partial charge is 0.396 e. The lowest BCUT2D eigenvalue weighted by atomic mass is 10.2. The molecule has 0 rings (SSSR count). The van der Waals surface area contributed by atoms with Crippen LogP contribution in [0.15, 0.2) is 24.0 Å². The Hall–Kier alpha value is -0.410. The monoisotopic (exact) mass is 234 g/mol. The minimum Gasteiger partial charge on any atom is -0.396 e. The van der Waals surface area contributed by atoms with E-state index in [1.807, 2.05) is 6.92 Å². The number of aliphatic hydroxyl groups excluding tert-OH is 1. The van der Waals surface area contributed by atoms with Crippen molar-refractivity contribution in [1.82, 2.24) is 0 Å². The Morgan fingerprint density at radius 3 is 2.73 bits per heavy atom. The third-order valence-electron chi connectivity index (χ3n) is 1.84. The predicted molar refractivity (Wildman–Crippen MR) is 60.6 cm³/mol. The number of hydrogen-bond acceptors (Lipinski definition) is 3. The van der Waals surface area contributed by atoms with Gasteiger partial charge in [-0.25, -0.2) is 0 Å². The number of allylic oxidation sites excluding steroid dienone is 1. The Morgan fingerprint density at radius 1 is 1.67 bits per heavy atom. The van der Waals surface area contributed by atoms with Crippen LogP contribution in [0.5, 0.6) is 0 Å². The molecule has 0 saturated carbocycles. The van der Waals surface area contributed by atoms with Crippen LogP contribution in [0.25, 0.3) is 0 Å². The summed E-state index contributed by atoms with van der Waals surface area (Å²) in [5.41, 5.74) is 0.597. The van der Waals surface area contributed by atoms with Gasteiger partial charge in [-0.05, 0) is 19.8 Å². The molecule has 0 heterocycles. The topological polar surface area (TPSA) is 66.8 Å². The van der Waals surface area contributed by atoms with Crippen molar-refractivity contribution in [2.45, 2.75) is 32.8 Å². The van der Waals surface area contributed by atoms with E-state index in [4.69, 9.17) is 9.63 Å². The second-order valence-electron chi connectivity index (χ2n) is 3.34. The third kappa shape index (κ3) is 7.51. The van der Waals surface area contributed by atoms with E-state index in [0.29, 0.717) is 18.4 Å². The van der Waals surface area contributed by atoms with Gasteiger partial charge < -0.3 is 14.5 Å². The van der Waals surface area contributed by atoms with Crippen LogP contribution in [-0.4, -0.2) is 22.7 Å². The summed E-state index contributed by atoms with van der Waals surface area (Å²) in [5, 5.41) is 8.59. The van der Waals surface area contributed by atoms with Crippen molar-refractivity contribution >= 4 is 7.60 Å². The third-order valence-corrected chi connectivity index (χ3v) is 3.03. The van der Waals surface area contributed by atoms with Crippen molar-refractivity contribution < 1.29 is 19.1 Å². The Kier molecular flexibility index (Phi) is 6.77. The molecule has 0 aromatic carbocycles. The van der Waals surface area contributed by atoms with Gasteiger partial charge in [0.2, 0.25) is 0 Å². The molecule has 0 aromatic rings. The smallest absolute Gasteiger partial charge is 0.351 e. The average Bonchev–Trinajstić information content (AvgIpc) is 2.15. The van der Waals surface area contributed by atoms with Gasteiger partial charge in [-0.3, -0.25) is 4.57 Å². The van der Waals surface area contributed by atoms with E-state index in [0.717, 1.165) is 5.82 Å². The highest BCUT2D eigenvalue weighted by molar-refractivity contribution is 7.56. The molecule has 0 bridgehead atoms. The average molecular weight is 234 g/mol. The summed E-state index contributed by atoms with van der Waals surface area (Å²) in [6, 6.07) is 0. The van der Waals surface area contributed by atoms with E-state index in [-0.39, 0.29) is 12.7 Å². The van der Waals surface area contributed by atoms with Crippen LogP contribution in [0, 0.1) is 0 Å². The summed E-state index contributed by atoms with van der Waals surface area (Å²) in [5.74, 6) is 1.11. The van der Waals surface area contributed by atoms with Crippen LogP contribution in [-0.2, 0) is 9.09 Å². The van der Waals surface area contributed by atoms with E-state index >= 15 is 0 Å². The highest BCUT2D eigenvalue weighted by Gasteiger charge is 2.17. The minimum absolute atomic E-state index is 0.0227. The molecule has 0 aliphatic carbocycles. The number of hydrogen-bond donors (Lipinski definition) is 2. The SMILES string of the molecule is C=C(C=CP(=O)(O)OC(C)CC)CCO. The molecule has 88 valence electrons. The predicted octanol–water partition coefficient (Wildman–Crippen LogP) is 2.44. The van der Waals surface area contributed by atoms with Crippen molar-refractivity contribution in [3.8, 4) is 0 Å². The van der Waals surface area contributed by atoms with Gasteiger partial charge in [0.05, 0.1) is 6.10 Å². The molecule has 0 saturated heterocycles. The molecule has 0 aromatic heterocycles. The Morgan fingerprint density at radius 2 is 2.27 bits per heavy atom. The van der Waals surface area contributed by atoms with Gasteiger partial charge in [0.25, 0.3) is 0 Å². The molecule has 0 radical (unpaired) electrons. The molecule has 5 heteroatoms. The van der Waals surface area contributed by atoms with Crippen LogP contribution in [0.1, 0.15) is 26.7 Å². The van der Waals surface area contributed by atoms with Crippen molar-refractivity contribution in [1.29, 1.82) is 0 Å². The van der Waals surface area contributed by atoms with Crippen molar-refractivity contribution in [3.63, 3.8) is 0 Å². The molecule has 4 nitrogen and oxygen atoms in total. The maximum atomic E-state index is 11.4. The quantitative estimate of drug-likeness (QED) is 0.524. The summed E-state index contributed by atoms with van der Waals surface area (Å²) in [6.07, 6.45) is 2.23. The summed E-state index contributed by atoms with van der Waals surface area (Å²) < 4.78 is 16.4. The standard InChI is InChI=1S/C10H19O4P/c1-4-10(3)14-15(12,13)8-6-9(2)5-7-11/h6,8,10-11H,2,4-5,7H2,1,3H3,(H,12,13). The van der Waals surface area contributed by atoms with Crippen LogP contribution < -0.4 is 0 Å². The zero-order valence-electron chi connectivity index (χ0n) is 9.22. The molecule has 0 amide bonds. The van der Waals surface area contributed by atoms with Crippen LogP contribution in [0.4, 0.5) is 0 Å². The van der Waals surface area contributed by atoms with Crippen LogP contribution in [0.3, 0.4) is 0 Å². The molecule has 2 N–H and O–H groups in total. The Bertz CT molecular complexity index is 273. The van der Waals surface area contributed by atoms with E-state index in [2.05, 4.69) is 6.58 Å². The highest BCUT2D eigenvalue weighted by atomic mass is 31.2. The lowest BCUT2D eigenvalue weighted by molar-refractivity contribution is 0.191. The van der Waals surface area contributed by atoms with Crippen molar-refractivity contribution in [2.24, 2.45) is 0 Å². The zero-order valence-corrected chi connectivity index (χ0v) is 10.1. The van der Waals surface area contributed by atoms with Gasteiger partial charge in [0.1, 0.15) is 0 Å². The van der Waals surface area contributed by atoms with Gasteiger partial charge in [0, 0.05) is 12.4 Å². The fourth-order valence-electron chi connectivity index (χ4n) is 0.794. The molecule has 0 fully saturated rings. The Balaban J connectivity index is 4.24. The fourth-order valence-corrected chi connectivity index (χ4v) is 1.93. The van der Waals surface area contributed by atoms with Gasteiger partial charge in [-0.15, -0.1) is 0 Å². The second-order valence-corrected chi connectivity index (χ2v) is 4.97. The molecular weight excluding hydrogens is 215 g/mol. The van der Waals surface area contributed by atoms with Gasteiger partial charge >= 0.3 is 7.60 Å². The molecule has 0 spiro atoms. The van der Waals surface area contributed by atoms with E-state index in [1.54, 1.807) is 6.92 Å². The Labute approximate surface area is 90.8 Å². The molecule has 0 aliphatic heterocycles. The van der Waals surface area contributed by atoms with Crippen molar-refractivity contribution in [2.75, 3.05) is 6.61 Å². The molecule has 0 aliphatic rings. The summed E-state index contributed by atoms with van der Waals surface area (Å²) >= 11 is 0. The first kappa shape index (κ1) is 14.6. The maximum Gasteiger partial charge on any atom is 0.351 e. The second kappa shape index (κ2) is 6.96. The highest BCUT2D eigenvalue weighted by Crippen LogP contribution is 2.45. The fraction of sp³-hybridized carbons (Fsp3) is 0.600. The van der Waals surface area contributed by atoms with E-state index < -0.39 is 7.60 Å². The molecular formula is C10H19O4P. The van der Waals surface area contributed by atoms with Gasteiger partial charge in [-0.2, -0.15) is 0 Å². The molecule has 2 atom stereocenters. The summed E-state index contributed by atoms with van der Waals surface area (Å²) in [4.78, 5) is 9.38. The molecule has 15 heavy (non-hydrogen) atoms.